The number of amides is 1. The second-order valence-corrected chi connectivity index (χ2v) is 4.84. The van der Waals surface area contributed by atoms with Gasteiger partial charge in [0.2, 0.25) is 0 Å². The maximum Gasteiger partial charge on any atom is 0.347 e. The predicted molar refractivity (Wildman–Crippen MR) is 69.2 cm³/mol. The van der Waals surface area contributed by atoms with Crippen LogP contribution in [0.4, 0.5) is 0 Å². The summed E-state index contributed by atoms with van der Waals surface area (Å²) in [7, 11) is 0. The zero-order valence-corrected chi connectivity index (χ0v) is 10.9. The SMILES string of the molecule is Cc1nc(CNC(=O)c2cccnc2)sc1C(=O)O. The minimum absolute atomic E-state index is 0.200. The van der Waals surface area contributed by atoms with Crippen molar-refractivity contribution in [3.8, 4) is 0 Å². The molecule has 2 aromatic heterocycles. The van der Waals surface area contributed by atoms with Crippen molar-refractivity contribution < 1.29 is 14.7 Å². The van der Waals surface area contributed by atoms with Gasteiger partial charge in [-0.05, 0) is 19.1 Å². The number of rotatable bonds is 4. The number of carbonyl (C=O) groups is 2. The Morgan fingerprint density at radius 1 is 1.47 bits per heavy atom. The van der Waals surface area contributed by atoms with Crippen LogP contribution >= 0.6 is 11.3 Å². The van der Waals surface area contributed by atoms with Crippen LogP contribution in [0.3, 0.4) is 0 Å². The quantitative estimate of drug-likeness (QED) is 0.883. The third-order valence-electron chi connectivity index (χ3n) is 2.36. The third-order valence-corrected chi connectivity index (χ3v) is 3.50. The van der Waals surface area contributed by atoms with Gasteiger partial charge in [-0.3, -0.25) is 9.78 Å². The van der Waals surface area contributed by atoms with Gasteiger partial charge >= 0.3 is 5.97 Å². The Morgan fingerprint density at radius 2 is 2.26 bits per heavy atom. The van der Waals surface area contributed by atoms with E-state index in [0.717, 1.165) is 11.3 Å². The van der Waals surface area contributed by atoms with Crippen molar-refractivity contribution in [2.75, 3.05) is 0 Å². The predicted octanol–water partition coefficient (Wildman–Crippen LogP) is 1.47. The lowest BCUT2D eigenvalue weighted by Gasteiger charge is -2.01. The van der Waals surface area contributed by atoms with Crippen LogP contribution in [-0.4, -0.2) is 27.0 Å². The van der Waals surface area contributed by atoms with E-state index >= 15 is 0 Å². The number of nitrogens with zero attached hydrogens (tertiary/aromatic N) is 2. The van der Waals surface area contributed by atoms with Crippen molar-refractivity contribution >= 4 is 23.2 Å². The molecule has 0 radical (unpaired) electrons. The van der Waals surface area contributed by atoms with Gasteiger partial charge in [-0.15, -0.1) is 11.3 Å². The highest BCUT2D eigenvalue weighted by Crippen LogP contribution is 2.17. The highest BCUT2D eigenvalue weighted by atomic mass is 32.1. The highest BCUT2D eigenvalue weighted by molar-refractivity contribution is 7.13. The van der Waals surface area contributed by atoms with E-state index < -0.39 is 5.97 Å². The number of aryl methyl sites for hydroxylation is 1. The Balaban J connectivity index is 2.01. The molecule has 0 atom stereocenters. The molecule has 0 aliphatic rings. The molecule has 2 N–H and O–H groups in total. The fourth-order valence-corrected chi connectivity index (χ4v) is 2.32. The van der Waals surface area contributed by atoms with Crippen LogP contribution in [0, 0.1) is 6.92 Å². The molecule has 1 amide bonds. The second kappa shape index (κ2) is 5.57. The molecule has 0 saturated carbocycles. The molecule has 0 aliphatic heterocycles. The molecular weight excluding hydrogens is 266 g/mol. The Bertz CT molecular complexity index is 610. The van der Waals surface area contributed by atoms with Crippen molar-refractivity contribution in [2.24, 2.45) is 0 Å². The number of thiazole rings is 1. The lowest BCUT2D eigenvalue weighted by Crippen LogP contribution is -2.22. The molecule has 0 aromatic carbocycles. The number of aromatic carboxylic acids is 1. The first kappa shape index (κ1) is 13.2. The van der Waals surface area contributed by atoms with Gasteiger partial charge in [0.25, 0.3) is 5.91 Å². The summed E-state index contributed by atoms with van der Waals surface area (Å²) in [5, 5.41) is 12.1. The molecule has 98 valence electrons. The molecule has 0 saturated heterocycles. The maximum absolute atomic E-state index is 11.8. The van der Waals surface area contributed by atoms with E-state index in [0.29, 0.717) is 16.3 Å². The van der Waals surface area contributed by atoms with Gasteiger partial charge in [0.15, 0.2) is 0 Å². The summed E-state index contributed by atoms with van der Waals surface area (Å²) in [6.45, 7) is 1.83. The molecule has 0 bridgehead atoms. The Morgan fingerprint density at radius 3 is 2.84 bits per heavy atom. The van der Waals surface area contributed by atoms with E-state index in [1.54, 1.807) is 25.3 Å². The molecule has 0 spiro atoms. The number of hydrogen-bond acceptors (Lipinski definition) is 5. The molecule has 0 fully saturated rings. The molecule has 19 heavy (non-hydrogen) atoms. The second-order valence-electron chi connectivity index (χ2n) is 3.75. The van der Waals surface area contributed by atoms with Crippen molar-refractivity contribution in [3.63, 3.8) is 0 Å². The fraction of sp³-hybridized carbons (Fsp3) is 0.167. The monoisotopic (exact) mass is 277 g/mol. The van der Waals surface area contributed by atoms with Crippen LogP contribution in [0.15, 0.2) is 24.5 Å². The molecule has 0 aliphatic carbocycles. The van der Waals surface area contributed by atoms with Gasteiger partial charge in [-0.2, -0.15) is 0 Å². The Hall–Kier alpha value is -2.28. The van der Waals surface area contributed by atoms with E-state index in [1.807, 2.05) is 0 Å². The summed E-state index contributed by atoms with van der Waals surface area (Å²) in [5.74, 6) is -1.27. The molecule has 2 aromatic rings. The standard InChI is InChI=1S/C12H11N3O3S/c1-7-10(12(17)18)19-9(15-7)6-14-11(16)8-3-2-4-13-5-8/h2-5H,6H2,1H3,(H,14,16)(H,17,18). The molecule has 7 heteroatoms. The van der Waals surface area contributed by atoms with Gasteiger partial charge in [-0.1, -0.05) is 0 Å². The van der Waals surface area contributed by atoms with Crippen LogP contribution < -0.4 is 5.32 Å². The highest BCUT2D eigenvalue weighted by Gasteiger charge is 2.14. The summed E-state index contributed by atoms with van der Waals surface area (Å²) in [4.78, 5) is 30.8. The van der Waals surface area contributed by atoms with Crippen LogP contribution in [0.5, 0.6) is 0 Å². The average molecular weight is 277 g/mol. The van der Waals surface area contributed by atoms with Crippen LogP contribution in [0.1, 0.15) is 30.7 Å². The van der Waals surface area contributed by atoms with Crippen molar-refractivity contribution in [1.29, 1.82) is 0 Å². The van der Waals surface area contributed by atoms with Gasteiger partial charge < -0.3 is 10.4 Å². The number of carboxylic acid groups (broad SMARTS) is 1. The first-order valence-electron chi connectivity index (χ1n) is 5.45. The number of pyridine rings is 1. The number of aromatic nitrogens is 2. The van der Waals surface area contributed by atoms with Gasteiger partial charge in [0.05, 0.1) is 17.8 Å². The maximum atomic E-state index is 11.8. The van der Waals surface area contributed by atoms with Crippen LogP contribution in [0.2, 0.25) is 0 Å². The number of hydrogen-bond donors (Lipinski definition) is 2. The van der Waals surface area contributed by atoms with E-state index in [2.05, 4.69) is 15.3 Å². The summed E-state index contributed by atoms with van der Waals surface area (Å²) in [6, 6.07) is 3.32. The summed E-state index contributed by atoms with van der Waals surface area (Å²) in [5.41, 5.74) is 0.914. The molecular formula is C12H11N3O3S. The topological polar surface area (TPSA) is 92.2 Å². The third kappa shape index (κ3) is 3.14. The lowest BCUT2D eigenvalue weighted by atomic mass is 10.3. The molecule has 2 heterocycles. The lowest BCUT2D eigenvalue weighted by molar-refractivity contribution is 0.0701. The van der Waals surface area contributed by atoms with Crippen molar-refractivity contribution in [2.45, 2.75) is 13.5 Å². The van der Waals surface area contributed by atoms with E-state index in [4.69, 9.17) is 5.11 Å². The molecule has 0 unspecified atom stereocenters. The number of carbonyl (C=O) groups excluding carboxylic acids is 1. The van der Waals surface area contributed by atoms with Crippen molar-refractivity contribution in [1.82, 2.24) is 15.3 Å². The average Bonchev–Trinajstić information content (AvgIpc) is 2.78. The van der Waals surface area contributed by atoms with Gasteiger partial charge in [-0.25, -0.2) is 9.78 Å². The minimum atomic E-state index is -1.00. The minimum Gasteiger partial charge on any atom is -0.477 e. The van der Waals surface area contributed by atoms with E-state index in [1.165, 1.54) is 6.20 Å². The summed E-state index contributed by atoms with van der Waals surface area (Å²) in [6.07, 6.45) is 3.05. The van der Waals surface area contributed by atoms with E-state index in [9.17, 15) is 9.59 Å². The van der Waals surface area contributed by atoms with Crippen molar-refractivity contribution in [3.05, 3.63) is 45.7 Å². The zero-order valence-electron chi connectivity index (χ0n) is 10.1. The van der Waals surface area contributed by atoms with Crippen LogP contribution in [-0.2, 0) is 6.54 Å². The Kier molecular flexibility index (Phi) is 3.86. The van der Waals surface area contributed by atoms with Gasteiger partial charge in [0, 0.05) is 12.4 Å². The first-order chi connectivity index (χ1) is 9.08. The van der Waals surface area contributed by atoms with Gasteiger partial charge in [0.1, 0.15) is 9.88 Å². The summed E-state index contributed by atoms with van der Waals surface area (Å²) >= 11 is 1.06. The number of carboxylic acids is 1. The Labute approximate surface area is 113 Å². The normalized spacial score (nSPS) is 10.2. The first-order valence-corrected chi connectivity index (χ1v) is 6.27. The smallest absolute Gasteiger partial charge is 0.347 e. The fourth-order valence-electron chi connectivity index (χ4n) is 1.48. The summed E-state index contributed by atoms with van der Waals surface area (Å²) < 4.78 is 0. The largest absolute Gasteiger partial charge is 0.477 e. The van der Waals surface area contributed by atoms with E-state index in [-0.39, 0.29) is 17.3 Å². The zero-order chi connectivity index (χ0) is 13.8. The molecule has 2 rings (SSSR count). The van der Waals surface area contributed by atoms with Crippen LogP contribution in [0.25, 0.3) is 0 Å². The number of nitrogens with one attached hydrogen (secondary N) is 1. The molecule has 6 nitrogen and oxygen atoms in total.